The van der Waals surface area contributed by atoms with E-state index in [-0.39, 0.29) is 23.6 Å². The zero-order valence-electron chi connectivity index (χ0n) is 12.2. The molecular weight excluding hydrogens is 254 g/mol. The van der Waals surface area contributed by atoms with E-state index in [1.54, 1.807) is 6.92 Å². The number of oxime groups is 1. The van der Waals surface area contributed by atoms with Crippen molar-refractivity contribution in [1.29, 1.82) is 0 Å². The molecule has 0 saturated heterocycles. The first-order chi connectivity index (χ1) is 9.51. The van der Waals surface area contributed by atoms with Gasteiger partial charge in [0.2, 0.25) is 5.91 Å². The number of nitrogens with zero attached hydrogens (tertiary/aromatic N) is 1. The zero-order chi connectivity index (χ0) is 15.1. The van der Waals surface area contributed by atoms with E-state index in [4.69, 9.17) is 10.9 Å². The van der Waals surface area contributed by atoms with Gasteiger partial charge in [-0.25, -0.2) is 0 Å². The highest BCUT2D eigenvalue weighted by atomic mass is 16.4. The highest BCUT2D eigenvalue weighted by Crippen LogP contribution is 2.27. The highest BCUT2D eigenvalue weighted by Gasteiger charge is 2.27. The summed E-state index contributed by atoms with van der Waals surface area (Å²) in [6.07, 6.45) is 0.894. The van der Waals surface area contributed by atoms with Gasteiger partial charge in [0.15, 0.2) is 5.84 Å². The average Bonchev–Trinajstić information content (AvgIpc) is 2.47. The molecule has 0 fully saturated rings. The molecule has 1 aromatic carbocycles. The molecule has 0 aliphatic heterocycles. The number of hydrogen-bond donors (Lipinski definition) is 3. The molecule has 0 heterocycles. The standard InChI is InChI=1S/C15H23N3O2/c1-4-10(2)13(12-8-6-5-7-9-12)15(19)17-11(3)14(16)18-20/h5-11,13,20H,4H2,1-3H3,(H2,16,18)(H,17,19). The van der Waals surface area contributed by atoms with Gasteiger partial charge in [0.25, 0.3) is 0 Å². The van der Waals surface area contributed by atoms with Crippen molar-refractivity contribution in [3.63, 3.8) is 0 Å². The Morgan fingerprint density at radius 1 is 1.35 bits per heavy atom. The minimum Gasteiger partial charge on any atom is -0.409 e. The van der Waals surface area contributed by atoms with Gasteiger partial charge in [0.05, 0.1) is 12.0 Å². The number of amides is 1. The summed E-state index contributed by atoms with van der Waals surface area (Å²) >= 11 is 0. The van der Waals surface area contributed by atoms with Crippen LogP contribution in [-0.4, -0.2) is 23.0 Å². The maximum absolute atomic E-state index is 12.5. The smallest absolute Gasteiger partial charge is 0.228 e. The topological polar surface area (TPSA) is 87.7 Å². The first kappa shape index (κ1) is 16.0. The lowest BCUT2D eigenvalue weighted by atomic mass is 9.84. The summed E-state index contributed by atoms with van der Waals surface area (Å²) in [5.74, 6) is -0.147. The molecule has 0 aromatic heterocycles. The van der Waals surface area contributed by atoms with Crippen molar-refractivity contribution in [3.05, 3.63) is 35.9 Å². The van der Waals surface area contributed by atoms with Crippen molar-refractivity contribution in [2.24, 2.45) is 16.8 Å². The minimum absolute atomic E-state index is 0.00527. The fourth-order valence-electron chi connectivity index (χ4n) is 2.10. The van der Waals surface area contributed by atoms with Crippen molar-refractivity contribution in [3.8, 4) is 0 Å². The number of hydrogen-bond acceptors (Lipinski definition) is 3. The normalized spacial score (nSPS) is 16.2. The van der Waals surface area contributed by atoms with Gasteiger partial charge < -0.3 is 16.3 Å². The van der Waals surface area contributed by atoms with Crippen LogP contribution in [0.2, 0.25) is 0 Å². The van der Waals surface area contributed by atoms with Crippen LogP contribution >= 0.6 is 0 Å². The Hall–Kier alpha value is -2.04. The summed E-state index contributed by atoms with van der Waals surface area (Å²) in [6, 6.07) is 9.17. The number of rotatable bonds is 6. The Balaban J connectivity index is 2.92. The van der Waals surface area contributed by atoms with E-state index < -0.39 is 6.04 Å². The Bertz CT molecular complexity index is 459. The van der Waals surface area contributed by atoms with Crippen molar-refractivity contribution >= 4 is 11.7 Å². The Labute approximate surface area is 119 Å². The van der Waals surface area contributed by atoms with E-state index in [0.29, 0.717) is 0 Å². The van der Waals surface area contributed by atoms with Crippen molar-refractivity contribution in [2.45, 2.75) is 39.2 Å². The predicted molar refractivity (Wildman–Crippen MR) is 79.7 cm³/mol. The summed E-state index contributed by atoms with van der Waals surface area (Å²) < 4.78 is 0. The van der Waals surface area contributed by atoms with E-state index in [0.717, 1.165) is 12.0 Å². The van der Waals surface area contributed by atoms with Crippen molar-refractivity contribution in [1.82, 2.24) is 5.32 Å². The second kappa shape index (κ2) is 7.53. The summed E-state index contributed by atoms with van der Waals surface area (Å²) in [5, 5.41) is 14.3. The van der Waals surface area contributed by atoms with Crippen molar-refractivity contribution in [2.75, 3.05) is 0 Å². The molecule has 5 nitrogen and oxygen atoms in total. The Kier molecular flexibility index (Phi) is 6.03. The molecule has 1 rings (SSSR count). The molecule has 5 heteroatoms. The lowest BCUT2D eigenvalue weighted by molar-refractivity contribution is -0.123. The van der Waals surface area contributed by atoms with Gasteiger partial charge in [-0.3, -0.25) is 4.79 Å². The van der Waals surface area contributed by atoms with Crippen LogP contribution in [0, 0.1) is 5.92 Å². The van der Waals surface area contributed by atoms with Gasteiger partial charge in [0, 0.05) is 0 Å². The molecule has 3 atom stereocenters. The predicted octanol–water partition coefficient (Wildman–Crippen LogP) is 2.07. The molecule has 0 saturated carbocycles. The number of amidine groups is 1. The highest BCUT2D eigenvalue weighted by molar-refractivity contribution is 5.92. The molecule has 0 aliphatic rings. The third-order valence-corrected chi connectivity index (χ3v) is 3.57. The monoisotopic (exact) mass is 277 g/mol. The molecule has 0 spiro atoms. The fraction of sp³-hybridized carbons (Fsp3) is 0.467. The zero-order valence-corrected chi connectivity index (χ0v) is 12.2. The Morgan fingerprint density at radius 3 is 2.45 bits per heavy atom. The molecule has 0 bridgehead atoms. The SMILES string of the molecule is CCC(C)C(C(=O)NC(C)/C(N)=N/O)c1ccccc1. The number of carbonyl (C=O) groups excluding carboxylic acids is 1. The Morgan fingerprint density at radius 2 is 1.95 bits per heavy atom. The lowest BCUT2D eigenvalue weighted by Gasteiger charge is -2.24. The van der Waals surface area contributed by atoms with E-state index >= 15 is 0 Å². The van der Waals surface area contributed by atoms with E-state index in [1.165, 1.54) is 0 Å². The van der Waals surface area contributed by atoms with Crippen LogP contribution in [0.5, 0.6) is 0 Å². The van der Waals surface area contributed by atoms with Gasteiger partial charge in [-0.1, -0.05) is 55.8 Å². The van der Waals surface area contributed by atoms with Crippen LogP contribution < -0.4 is 11.1 Å². The number of nitrogens with one attached hydrogen (secondary N) is 1. The lowest BCUT2D eigenvalue weighted by Crippen LogP contribution is -2.45. The molecule has 3 unspecified atom stereocenters. The van der Waals surface area contributed by atoms with Gasteiger partial charge in [-0.05, 0) is 18.4 Å². The van der Waals surface area contributed by atoms with Gasteiger partial charge in [-0.2, -0.15) is 0 Å². The van der Waals surface area contributed by atoms with Crippen LogP contribution in [0.25, 0.3) is 0 Å². The van der Waals surface area contributed by atoms with Gasteiger partial charge in [-0.15, -0.1) is 0 Å². The van der Waals surface area contributed by atoms with Crippen LogP contribution in [0.1, 0.15) is 38.7 Å². The summed E-state index contributed by atoms with van der Waals surface area (Å²) in [5.41, 5.74) is 6.48. The van der Waals surface area contributed by atoms with Crippen molar-refractivity contribution < 1.29 is 10.0 Å². The van der Waals surface area contributed by atoms with E-state index in [2.05, 4.69) is 17.4 Å². The molecule has 0 aliphatic carbocycles. The summed E-state index contributed by atoms with van der Waals surface area (Å²) in [4.78, 5) is 12.5. The van der Waals surface area contributed by atoms with E-state index in [9.17, 15) is 4.79 Å². The molecule has 4 N–H and O–H groups in total. The first-order valence-electron chi connectivity index (χ1n) is 6.84. The quantitative estimate of drug-likeness (QED) is 0.322. The van der Waals surface area contributed by atoms with Gasteiger partial charge >= 0.3 is 0 Å². The number of carbonyl (C=O) groups is 1. The third kappa shape index (κ3) is 3.98. The van der Waals surface area contributed by atoms with E-state index in [1.807, 2.05) is 37.3 Å². The van der Waals surface area contributed by atoms with Crippen LogP contribution in [0.4, 0.5) is 0 Å². The fourth-order valence-corrected chi connectivity index (χ4v) is 2.10. The maximum atomic E-state index is 12.5. The van der Waals surface area contributed by atoms with Crippen LogP contribution in [0.15, 0.2) is 35.5 Å². The largest absolute Gasteiger partial charge is 0.409 e. The second-order valence-corrected chi connectivity index (χ2v) is 5.03. The summed E-state index contributed by atoms with van der Waals surface area (Å²) in [7, 11) is 0. The second-order valence-electron chi connectivity index (χ2n) is 5.03. The van der Waals surface area contributed by atoms with Crippen LogP contribution in [0.3, 0.4) is 0 Å². The minimum atomic E-state index is -0.497. The average molecular weight is 277 g/mol. The molecule has 1 amide bonds. The number of nitrogens with two attached hydrogens (primary N) is 1. The number of benzene rings is 1. The molecule has 0 radical (unpaired) electrons. The van der Waals surface area contributed by atoms with Crippen LogP contribution in [-0.2, 0) is 4.79 Å². The summed E-state index contributed by atoms with van der Waals surface area (Å²) in [6.45, 7) is 5.79. The maximum Gasteiger partial charge on any atom is 0.228 e. The molecule has 20 heavy (non-hydrogen) atoms. The molecular formula is C15H23N3O2. The first-order valence-corrected chi connectivity index (χ1v) is 6.84. The van der Waals surface area contributed by atoms with Gasteiger partial charge in [0.1, 0.15) is 0 Å². The molecule has 1 aromatic rings. The molecule has 110 valence electrons. The third-order valence-electron chi connectivity index (χ3n) is 3.57.